The summed E-state index contributed by atoms with van der Waals surface area (Å²) in [7, 11) is 2.18. The van der Waals surface area contributed by atoms with Crippen molar-refractivity contribution in [2.24, 2.45) is 5.92 Å². The Kier molecular flexibility index (Phi) is 3.55. The maximum Gasteiger partial charge on any atom is 0.0655 e. The molecule has 1 aliphatic rings. The molecule has 0 aromatic heterocycles. The highest BCUT2D eigenvalue weighted by molar-refractivity contribution is 4.89. The van der Waals surface area contributed by atoms with E-state index in [4.69, 9.17) is 5.26 Å². The molecule has 0 aromatic carbocycles. The van der Waals surface area contributed by atoms with E-state index < -0.39 is 0 Å². The van der Waals surface area contributed by atoms with Gasteiger partial charge in [-0.1, -0.05) is 6.92 Å². The van der Waals surface area contributed by atoms with Gasteiger partial charge in [0.2, 0.25) is 0 Å². The molecule has 1 rings (SSSR count). The fourth-order valence-corrected chi connectivity index (χ4v) is 1.90. The van der Waals surface area contributed by atoms with E-state index >= 15 is 0 Å². The Morgan fingerprint density at radius 2 is 1.92 bits per heavy atom. The average molecular weight is 166 g/mol. The third-order valence-corrected chi connectivity index (χ3v) is 3.00. The first-order valence-corrected chi connectivity index (χ1v) is 4.87. The first kappa shape index (κ1) is 9.54. The molecule has 0 N–H and O–H groups in total. The van der Waals surface area contributed by atoms with Crippen LogP contribution in [0.2, 0.25) is 0 Å². The van der Waals surface area contributed by atoms with Crippen LogP contribution in [-0.2, 0) is 0 Å². The summed E-state index contributed by atoms with van der Waals surface area (Å²) in [4.78, 5) is 2.40. The van der Waals surface area contributed by atoms with Gasteiger partial charge in [-0.25, -0.2) is 0 Å². The van der Waals surface area contributed by atoms with Crippen molar-refractivity contribution in [1.29, 1.82) is 5.26 Å². The molecule has 0 radical (unpaired) electrons. The zero-order valence-electron chi connectivity index (χ0n) is 8.08. The van der Waals surface area contributed by atoms with Crippen molar-refractivity contribution in [2.75, 3.05) is 13.6 Å². The maximum atomic E-state index is 8.71. The van der Waals surface area contributed by atoms with E-state index in [2.05, 4.69) is 24.9 Å². The van der Waals surface area contributed by atoms with E-state index in [1.54, 1.807) is 0 Å². The highest BCUT2D eigenvalue weighted by Crippen LogP contribution is 2.26. The lowest BCUT2D eigenvalue weighted by molar-refractivity contribution is 0.186. The molecule has 12 heavy (non-hydrogen) atoms. The van der Waals surface area contributed by atoms with Crippen molar-refractivity contribution >= 4 is 0 Å². The Bertz CT molecular complexity index is 163. The second kappa shape index (κ2) is 4.47. The van der Waals surface area contributed by atoms with Gasteiger partial charge < -0.3 is 4.90 Å². The van der Waals surface area contributed by atoms with Crippen LogP contribution < -0.4 is 0 Å². The van der Waals surface area contributed by atoms with Crippen molar-refractivity contribution < 1.29 is 0 Å². The van der Waals surface area contributed by atoms with Crippen LogP contribution >= 0.6 is 0 Å². The quantitative estimate of drug-likeness (QED) is 0.627. The molecule has 0 unspecified atom stereocenters. The summed E-state index contributed by atoms with van der Waals surface area (Å²) in [5.41, 5.74) is 0. The molecule has 0 amide bonds. The van der Waals surface area contributed by atoms with Crippen LogP contribution in [-0.4, -0.2) is 24.5 Å². The van der Waals surface area contributed by atoms with Crippen molar-refractivity contribution in [3.8, 4) is 6.07 Å². The average Bonchev–Trinajstić information content (AvgIpc) is 2.17. The van der Waals surface area contributed by atoms with E-state index in [0.29, 0.717) is 5.92 Å². The minimum absolute atomic E-state index is 0.339. The number of hydrogen-bond donors (Lipinski definition) is 0. The maximum absolute atomic E-state index is 8.71. The van der Waals surface area contributed by atoms with Crippen LogP contribution in [0.25, 0.3) is 0 Å². The number of hydrogen-bond acceptors (Lipinski definition) is 2. The van der Waals surface area contributed by atoms with Gasteiger partial charge in [0.05, 0.1) is 6.07 Å². The molecule has 2 heteroatoms. The monoisotopic (exact) mass is 166 g/mol. The second-order valence-corrected chi connectivity index (χ2v) is 3.71. The van der Waals surface area contributed by atoms with E-state index in [1.165, 1.54) is 12.8 Å². The molecule has 0 aromatic rings. The third-order valence-electron chi connectivity index (χ3n) is 3.00. The van der Waals surface area contributed by atoms with E-state index in [1.807, 2.05) is 0 Å². The molecule has 1 saturated carbocycles. The van der Waals surface area contributed by atoms with Crippen LogP contribution in [0.5, 0.6) is 0 Å². The van der Waals surface area contributed by atoms with E-state index in [-0.39, 0.29) is 0 Å². The Labute approximate surface area is 75.2 Å². The molecule has 68 valence electrons. The third kappa shape index (κ3) is 2.22. The number of rotatable bonds is 2. The van der Waals surface area contributed by atoms with Crippen molar-refractivity contribution in [3.05, 3.63) is 0 Å². The minimum atomic E-state index is 0.339. The van der Waals surface area contributed by atoms with Gasteiger partial charge in [0, 0.05) is 12.0 Å². The molecule has 0 aliphatic heterocycles. The SMILES string of the molecule is CCN(C)C1CCC(C#N)CC1. The van der Waals surface area contributed by atoms with Crippen molar-refractivity contribution in [3.63, 3.8) is 0 Å². The largest absolute Gasteiger partial charge is 0.304 e. The van der Waals surface area contributed by atoms with Crippen molar-refractivity contribution in [2.45, 2.75) is 38.6 Å². The first-order valence-electron chi connectivity index (χ1n) is 4.87. The summed E-state index contributed by atoms with van der Waals surface area (Å²) < 4.78 is 0. The summed E-state index contributed by atoms with van der Waals surface area (Å²) in [5.74, 6) is 0.339. The number of nitrogens with zero attached hydrogens (tertiary/aromatic N) is 2. The summed E-state index contributed by atoms with van der Waals surface area (Å²) >= 11 is 0. The van der Waals surface area contributed by atoms with E-state index in [9.17, 15) is 0 Å². The highest BCUT2D eigenvalue weighted by atomic mass is 15.1. The van der Waals surface area contributed by atoms with Gasteiger partial charge in [0.1, 0.15) is 0 Å². The minimum Gasteiger partial charge on any atom is -0.304 e. The van der Waals surface area contributed by atoms with Gasteiger partial charge in [-0.15, -0.1) is 0 Å². The lowest BCUT2D eigenvalue weighted by Crippen LogP contribution is -2.34. The Morgan fingerprint density at radius 3 is 2.33 bits per heavy atom. The molecule has 0 bridgehead atoms. The molecule has 0 spiro atoms. The zero-order valence-corrected chi connectivity index (χ0v) is 8.08. The van der Waals surface area contributed by atoms with E-state index in [0.717, 1.165) is 25.4 Å². The van der Waals surface area contributed by atoms with Crippen LogP contribution in [0, 0.1) is 17.2 Å². The van der Waals surface area contributed by atoms with Crippen LogP contribution in [0.15, 0.2) is 0 Å². The molecule has 0 saturated heterocycles. The zero-order chi connectivity index (χ0) is 8.97. The standard InChI is InChI=1S/C10H18N2/c1-3-12(2)10-6-4-9(8-11)5-7-10/h9-10H,3-7H2,1-2H3. The van der Waals surface area contributed by atoms with Crippen molar-refractivity contribution in [1.82, 2.24) is 4.90 Å². The smallest absolute Gasteiger partial charge is 0.0655 e. The predicted molar refractivity (Wildman–Crippen MR) is 49.7 cm³/mol. The highest BCUT2D eigenvalue weighted by Gasteiger charge is 2.22. The molecule has 1 fully saturated rings. The predicted octanol–water partition coefficient (Wildman–Crippen LogP) is 2.02. The Hall–Kier alpha value is -0.550. The fourth-order valence-electron chi connectivity index (χ4n) is 1.90. The fraction of sp³-hybridized carbons (Fsp3) is 0.900. The summed E-state index contributed by atoms with van der Waals surface area (Å²) in [6.07, 6.45) is 4.63. The molecular weight excluding hydrogens is 148 g/mol. The lowest BCUT2D eigenvalue weighted by Gasteiger charge is -2.31. The van der Waals surface area contributed by atoms with Crippen LogP contribution in [0.1, 0.15) is 32.6 Å². The first-order chi connectivity index (χ1) is 5.77. The van der Waals surface area contributed by atoms with Gasteiger partial charge in [0.25, 0.3) is 0 Å². The van der Waals surface area contributed by atoms with Gasteiger partial charge in [-0.3, -0.25) is 0 Å². The Balaban J connectivity index is 2.31. The molecule has 1 aliphatic carbocycles. The van der Waals surface area contributed by atoms with Gasteiger partial charge in [-0.2, -0.15) is 5.26 Å². The van der Waals surface area contributed by atoms with Crippen LogP contribution in [0.3, 0.4) is 0 Å². The topological polar surface area (TPSA) is 27.0 Å². The molecule has 0 atom stereocenters. The second-order valence-electron chi connectivity index (χ2n) is 3.71. The van der Waals surface area contributed by atoms with Gasteiger partial charge in [-0.05, 0) is 39.3 Å². The molecule has 0 heterocycles. The summed E-state index contributed by atoms with van der Waals surface area (Å²) in [6, 6.07) is 3.10. The van der Waals surface area contributed by atoms with Gasteiger partial charge >= 0.3 is 0 Å². The summed E-state index contributed by atoms with van der Waals surface area (Å²) in [6.45, 7) is 3.32. The summed E-state index contributed by atoms with van der Waals surface area (Å²) in [5, 5.41) is 8.71. The Morgan fingerprint density at radius 1 is 1.33 bits per heavy atom. The number of nitriles is 1. The lowest BCUT2D eigenvalue weighted by atomic mass is 9.86. The van der Waals surface area contributed by atoms with Crippen LogP contribution in [0.4, 0.5) is 0 Å². The van der Waals surface area contributed by atoms with Gasteiger partial charge in [0.15, 0.2) is 0 Å². The molecular formula is C10H18N2. The normalized spacial score (nSPS) is 30.2. The molecule has 2 nitrogen and oxygen atoms in total.